The van der Waals surface area contributed by atoms with Gasteiger partial charge in [0.05, 0.1) is 5.56 Å². The first kappa shape index (κ1) is 22.9. The van der Waals surface area contributed by atoms with Gasteiger partial charge in [-0.15, -0.1) is 0 Å². The molecule has 1 fully saturated rings. The van der Waals surface area contributed by atoms with Crippen LogP contribution in [-0.4, -0.2) is 36.8 Å². The van der Waals surface area contributed by atoms with Crippen LogP contribution in [0.4, 0.5) is 31.1 Å². The molecule has 0 radical (unpaired) electrons. The minimum atomic E-state index is -4.78. The lowest BCUT2D eigenvalue weighted by Crippen LogP contribution is -2.54. The summed E-state index contributed by atoms with van der Waals surface area (Å²) in [7, 11) is 0. The molecule has 0 aromatic heterocycles. The summed E-state index contributed by atoms with van der Waals surface area (Å²) < 4.78 is 84.0. The Balaban J connectivity index is 1.52. The molecule has 10 heteroatoms. The number of amides is 1. The SMILES string of the molecule is O=C(OCc1ccccc1)N1CC(CNC(c2cccc(C(F)(F)F)c2)C(F)(F)F)C1. The molecule has 4 nitrogen and oxygen atoms in total. The van der Waals surface area contributed by atoms with Crippen LogP contribution >= 0.6 is 0 Å². The van der Waals surface area contributed by atoms with E-state index in [0.717, 1.165) is 23.8 Å². The number of alkyl halides is 6. The van der Waals surface area contributed by atoms with Crippen LogP contribution in [0.5, 0.6) is 0 Å². The molecule has 1 saturated heterocycles. The van der Waals surface area contributed by atoms with Crippen LogP contribution in [0.25, 0.3) is 0 Å². The Labute approximate surface area is 174 Å². The molecule has 0 spiro atoms. The molecule has 1 N–H and O–H groups in total. The van der Waals surface area contributed by atoms with E-state index >= 15 is 0 Å². The average molecular weight is 446 g/mol. The fourth-order valence-corrected chi connectivity index (χ4v) is 3.26. The molecule has 2 aromatic carbocycles. The van der Waals surface area contributed by atoms with Gasteiger partial charge in [0.1, 0.15) is 12.6 Å². The maximum absolute atomic E-state index is 13.4. The monoisotopic (exact) mass is 446 g/mol. The third-order valence-corrected chi connectivity index (χ3v) is 4.91. The first-order chi connectivity index (χ1) is 14.5. The number of hydrogen-bond donors (Lipinski definition) is 1. The first-order valence-corrected chi connectivity index (χ1v) is 9.47. The zero-order chi connectivity index (χ0) is 22.6. The Kier molecular flexibility index (Phi) is 6.78. The molecule has 3 rings (SSSR count). The molecule has 0 aliphatic carbocycles. The van der Waals surface area contributed by atoms with Crippen LogP contribution in [0.2, 0.25) is 0 Å². The van der Waals surface area contributed by atoms with E-state index in [9.17, 15) is 31.1 Å². The van der Waals surface area contributed by atoms with E-state index < -0.39 is 35.6 Å². The van der Waals surface area contributed by atoms with Gasteiger partial charge in [-0.2, -0.15) is 26.3 Å². The Morgan fingerprint density at radius 1 is 1.03 bits per heavy atom. The van der Waals surface area contributed by atoms with Crippen LogP contribution in [0.3, 0.4) is 0 Å². The Hall–Kier alpha value is -2.75. The quantitative estimate of drug-likeness (QED) is 0.623. The number of carbonyl (C=O) groups excluding carboxylic acids is 1. The minimum Gasteiger partial charge on any atom is -0.445 e. The number of likely N-dealkylation sites (tertiary alicyclic amines) is 1. The molecule has 1 aliphatic rings. The molecule has 168 valence electrons. The van der Waals surface area contributed by atoms with E-state index in [1.165, 1.54) is 4.90 Å². The molecule has 1 amide bonds. The van der Waals surface area contributed by atoms with Gasteiger partial charge in [-0.1, -0.05) is 42.5 Å². The van der Waals surface area contributed by atoms with Gasteiger partial charge in [0.2, 0.25) is 0 Å². The van der Waals surface area contributed by atoms with Gasteiger partial charge in [0.25, 0.3) is 0 Å². The van der Waals surface area contributed by atoms with Crippen molar-refractivity contribution in [2.24, 2.45) is 5.92 Å². The van der Waals surface area contributed by atoms with Gasteiger partial charge >= 0.3 is 18.4 Å². The predicted octanol–water partition coefficient (Wildman–Crippen LogP) is 5.17. The Morgan fingerprint density at radius 3 is 2.32 bits per heavy atom. The van der Waals surface area contributed by atoms with Crippen molar-refractivity contribution in [3.8, 4) is 0 Å². The van der Waals surface area contributed by atoms with Crippen LogP contribution in [0, 0.1) is 5.92 Å². The van der Waals surface area contributed by atoms with E-state index in [-0.39, 0.29) is 32.2 Å². The van der Waals surface area contributed by atoms with E-state index in [1.54, 1.807) is 24.3 Å². The van der Waals surface area contributed by atoms with Crippen LogP contribution in [-0.2, 0) is 17.5 Å². The fraction of sp³-hybridized carbons (Fsp3) is 0.381. The van der Waals surface area contributed by atoms with Gasteiger partial charge in [-0.3, -0.25) is 0 Å². The highest BCUT2D eigenvalue weighted by Crippen LogP contribution is 2.36. The van der Waals surface area contributed by atoms with E-state index in [0.29, 0.717) is 6.07 Å². The Bertz CT molecular complexity index is 879. The molecule has 1 atom stereocenters. The summed E-state index contributed by atoms with van der Waals surface area (Å²) in [6.07, 6.45) is -10.1. The smallest absolute Gasteiger partial charge is 0.416 e. The number of rotatable bonds is 6. The third kappa shape index (κ3) is 6.13. The standard InChI is InChI=1S/C21H20F6N2O2/c22-20(23,24)17-8-4-7-16(9-17)18(21(25,26)27)28-10-15-11-29(12-15)19(30)31-13-14-5-2-1-3-6-14/h1-9,15,18,28H,10-13H2. The number of benzene rings is 2. The van der Waals surface area contributed by atoms with Crippen molar-refractivity contribution >= 4 is 6.09 Å². The molecule has 1 unspecified atom stereocenters. The zero-order valence-electron chi connectivity index (χ0n) is 16.2. The summed E-state index contributed by atoms with van der Waals surface area (Å²) in [6.45, 7) is 0.384. The predicted molar refractivity (Wildman–Crippen MR) is 99.9 cm³/mol. The van der Waals surface area contributed by atoms with Crippen molar-refractivity contribution < 1.29 is 35.9 Å². The number of ether oxygens (including phenoxy) is 1. The molecular weight excluding hydrogens is 426 g/mol. The largest absolute Gasteiger partial charge is 0.445 e. The minimum absolute atomic E-state index is 0.0881. The van der Waals surface area contributed by atoms with E-state index in [2.05, 4.69) is 5.32 Å². The van der Waals surface area contributed by atoms with Crippen molar-refractivity contribution in [3.05, 3.63) is 71.3 Å². The van der Waals surface area contributed by atoms with Crippen molar-refractivity contribution in [3.63, 3.8) is 0 Å². The molecule has 31 heavy (non-hydrogen) atoms. The van der Waals surface area contributed by atoms with E-state index in [4.69, 9.17) is 4.74 Å². The van der Waals surface area contributed by atoms with Crippen molar-refractivity contribution in [1.29, 1.82) is 0 Å². The molecule has 1 aliphatic heterocycles. The molecule has 0 saturated carbocycles. The number of nitrogens with one attached hydrogen (secondary N) is 1. The Morgan fingerprint density at radius 2 is 1.71 bits per heavy atom. The van der Waals surface area contributed by atoms with Crippen molar-refractivity contribution in [1.82, 2.24) is 10.2 Å². The summed E-state index contributed by atoms with van der Waals surface area (Å²) in [5.74, 6) is -0.264. The van der Waals surface area contributed by atoms with Crippen LogP contribution < -0.4 is 5.32 Å². The normalized spacial score (nSPS) is 16.0. The lowest BCUT2D eigenvalue weighted by Gasteiger charge is -2.39. The first-order valence-electron chi connectivity index (χ1n) is 9.47. The summed E-state index contributed by atoms with van der Waals surface area (Å²) in [5.41, 5.74) is -0.846. The number of halogens is 6. The second-order valence-corrected chi connectivity index (χ2v) is 7.32. The highest BCUT2D eigenvalue weighted by atomic mass is 19.4. The van der Waals surface area contributed by atoms with Gasteiger partial charge in [0.15, 0.2) is 0 Å². The maximum Gasteiger partial charge on any atom is 0.416 e. The summed E-state index contributed by atoms with van der Waals surface area (Å²) in [6, 6.07) is 9.95. The van der Waals surface area contributed by atoms with Crippen molar-refractivity contribution in [2.45, 2.75) is 25.0 Å². The maximum atomic E-state index is 13.4. The number of nitrogens with zero attached hydrogens (tertiary/aromatic N) is 1. The topological polar surface area (TPSA) is 41.6 Å². The molecule has 0 bridgehead atoms. The van der Waals surface area contributed by atoms with Gasteiger partial charge in [-0.05, 0) is 23.3 Å². The van der Waals surface area contributed by atoms with Gasteiger partial charge in [0, 0.05) is 25.6 Å². The van der Waals surface area contributed by atoms with Crippen molar-refractivity contribution in [2.75, 3.05) is 19.6 Å². The highest BCUT2D eigenvalue weighted by molar-refractivity contribution is 5.68. The lowest BCUT2D eigenvalue weighted by molar-refractivity contribution is -0.159. The fourth-order valence-electron chi connectivity index (χ4n) is 3.26. The molecule has 2 aromatic rings. The van der Waals surface area contributed by atoms with Crippen LogP contribution in [0.1, 0.15) is 22.7 Å². The van der Waals surface area contributed by atoms with Gasteiger partial charge < -0.3 is 15.0 Å². The summed E-state index contributed by atoms with van der Waals surface area (Å²) >= 11 is 0. The number of hydrogen-bond acceptors (Lipinski definition) is 3. The average Bonchev–Trinajstić information content (AvgIpc) is 2.67. The summed E-state index contributed by atoms with van der Waals surface area (Å²) in [5, 5.41) is 2.30. The molecule has 1 heterocycles. The molecular formula is C21H20F6N2O2. The van der Waals surface area contributed by atoms with E-state index in [1.807, 2.05) is 6.07 Å². The summed E-state index contributed by atoms with van der Waals surface area (Å²) in [4.78, 5) is 13.4. The third-order valence-electron chi connectivity index (χ3n) is 4.91. The second kappa shape index (κ2) is 9.17. The van der Waals surface area contributed by atoms with Crippen LogP contribution in [0.15, 0.2) is 54.6 Å². The highest BCUT2D eigenvalue weighted by Gasteiger charge is 2.43. The second-order valence-electron chi connectivity index (χ2n) is 7.32. The van der Waals surface area contributed by atoms with Gasteiger partial charge in [-0.25, -0.2) is 4.79 Å². The lowest BCUT2D eigenvalue weighted by atomic mass is 9.98. The zero-order valence-corrected chi connectivity index (χ0v) is 16.2. The number of carbonyl (C=O) groups is 1.